The number of para-hydroxylation sites is 1. The molecular weight excluding hydrogens is 214 g/mol. The fourth-order valence-corrected chi connectivity index (χ4v) is 1.67. The number of hydrogen-bond donors (Lipinski definition) is 2. The van der Waals surface area contributed by atoms with Gasteiger partial charge in [-0.25, -0.2) is 0 Å². The monoisotopic (exact) mass is 233 g/mol. The Labute approximate surface area is 101 Å². The van der Waals surface area contributed by atoms with Gasteiger partial charge in [-0.15, -0.1) is 0 Å². The first kappa shape index (κ1) is 12.1. The normalized spacial score (nSPS) is 14.1. The predicted octanol–water partition coefficient (Wildman–Crippen LogP) is 2.85. The summed E-state index contributed by atoms with van der Waals surface area (Å²) in [5.41, 5.74) is 0.810. The fourth-order valence-electron chi connectivity index (χ4n) is 1.67. The third kappa shape index (κ3) is 3.08. The van der Waals surface area contributed by atoms with Crippen molar-refractivity contribution >= 4 is 11.0 Å². The van der Waals surface area contributed by atoms with Crippen LogP contribution >= 0.6 is 0 Å². The van der Waals surface area contributed by atoms with Crippen LogP contribution in [0, 0.1) is 0 Å². The van der Waals surface area contributed by atoms with Gasteiger partial charge in [-0.2, -0.15) is 0 Å². The minimum atomic E-state index is -0.610. The van der Waals surface area contributed by atoms with Gasteiger partial charge in [0.2, 0.25) is 0 Å². The van der Waals surface area contributed by atoms with Crippen LogP contribution < -0.4 is 5.32 Å². The van der Waals surface area contributed by atoms with Gasteiger partial charge in [-0.3, -0.25) is 0 Å². The summed E-state index contributed by atoms with van der Waals surface area (Å²) >= 11 is 0. The highest BCUT2D eigenvalue weighted by molar-refractivity contribution is 5.77. The number of furan rings is 1. The summed E-state index contributed by atoms with van der Waals surface area (Å²) in [6.45, 7) is 6.69. The average Bonchev–Trinajstić information content (AvgIpc) is 2.68. The molecule has 0 radical (unpaired) electrons. The number of nitrogens with one attached hydrogen (secondary N) is 1. The zero-order chi connectivity index (χ0) is 12.5. The van der Waals surface area contributed by atoms with Crippen molar-refractivity contribution in [3.05, 3.63) is 36.1 Å². The third-order valence-electron chi connectivity index (χ3n) is 2.60. The maximum atomic E-state index is 10.0. The summed E-state index contributed by atoms with van der Waals surface area (Å²) in [4.78, 5) is 0. The van der Waals surface area contributed by atoms with Crippen LogP contribution in [0.2, 0.25) is 0 Å². The average molecular weight is 233 g/mol. The van der Waals surface area contributed by atoms with Crippen molar-refractivity contribution in [2.24, 2.45) is 0 Å². The van der Waals surface area contributed by atoms with Crippen LogP contribution in [0.1, 0.15) is 32.6 Å². The molecule has 1 atom stereocenters. The van der Waals surface area contributed by atoms with Crippen LogP contribution in [-0.4, -0.2) is 17.2 Å². The number of aliphatic hydroxyl groups excluding tert-OH is 1. The van der Waals surface area contributed by atoms with Crippen LogP contribution in [0.25, 0.3) is 11.0 Å². The van der Waals surface area contributed by atoms with Gasteiger partial charge in [-0.1, -0.05) is 18.2 Å². The van der Waals surface area contributed by atoms with Crippen LogP contribution in [0.15, 0.2) is 34.7 Å². The van der Waals surface area contributed by atoms with Gasteiger partial charge >= 0.3 is 0 Å². The number of hydrogen-bond acceptors (Lipinski definition) is 3. The third-order valence-corrected chi connectivity index (χ3v) is 2.60. The SMILES string of the molecule is CC(C)(C)NC[C@@H](O)c1cc2ccccc2o1. The molecule has 0 fully saturated rings. The molecule has 0 aliphatic heterocycles. The van der Waals surface area contributed by atoms with E-state index >= 15 is 0 Å². The summed E-state index contributed by atoms with van der Waals surface area (Å²) in [7, 11) is 0. The first-order valence-corrected chi connectivity index (χ1v) is 5.87. The maximum Gasteiger partial charge on any atom is 0.135 e. The summed E-state index contributed by atoms with van der Waals surface area (Å²) in [6.07, 6.45) is -0.610. The Morgan fingerprint density at radius 2 is 2.00 bits per heavy atom. The van der Waals surface area contributed by atoms with Crippen LogP contribution in [0.3, 0.4) is 0 Å². The van der Waals surface area contributed by atoms with Gasteiger partial charge in [0.15, 0.2) is 0 Å². The molecule has 0 amide bonds. The summed E-state index contributed by atoms with van der Waals surface area (Å²) in [5, 5.41) is 14.3. The second kappa shape index (κ2) is 4.51. The van der Waals surface area contributed by atoms with Crippen molar-refractivity contribution in [1.82, 2.24) is 5.32 Å². The molecule has 3 nitrogen and oxygen atoms in total. The Bertz CT molecular complexity index is 463. The van der Waals surface area contributed by atoms with E-state index in [4.69, 9.17) is 4.42 Å². The highest BCUT2D eigenvalue weighted by Crippen LogP contribution is 2.23. The number of fused-ring (bicyclic) bond motifs is 1. The lowest BCUT2D eigenvalue weighted by Crippen LogP contribution is -2.38. The van der Waals surface area contributed by atoms with Gasteiger partial charge in [0.1, 0.15) is 17.4 Å². The lowest BCUT2D eigenvalue weighted by atomic mass is 10.1. The van der Waals surface area contributed by atoms with Crippen molar-refractivity contribution < 1.29 is 9.52 Å². The number of aliphatic hydroxyl groups is 1. The molecule has 92 valence electrons. The maximum absolute atomic E-state index is 10.0. The minimum Gasteiger partial charge on any atom is -0.458 e. The van der Waals surface area contributed by atoms with Crippen molar-refractivity contribution in [3.8, 4) is 0 Å². The second-order valence-electron chi connectivity index (χ2n) is 5.33. The lowest BCUT2D eigenvalue weighted by Gasteiger charge is -2.22. The molecular formula is C14H19NO2. The zero-order valence-corrected chi connectivity index (χ0v) is 10.5. The smallest absolute Gasteiger partial charge is 0.135 e. The molecule has 0 spiro atoms. The van der Waals surface area contributed by atoms with E-state index < -0.39 is 6.10 Å². The van der Waals surface area contributed by atoms with E-state index in [1.54, 1.807) is 0 Å². The molecule has 1 heterocycles. The molecule has 0 aliphatic rings. The van der Waals surface area contributed by atoms with E-state index in [-0.39, 0.29) is 5.54 Å². The predicted molar refractivity (Wildman–Crippen MR) is 68.9 cm³/mol. The Morgan fingerprint density at radius 1 is 1.29 bits per heavy atom. The van der Waals surface area contributed by atoms with E-state index in [2.05, 4.69) is 26.1 Å². The van der Waals surface area contributed by atoms with Crippen LogP contribution in [-0.2, 0) is 0 Å². The Balaban J connectivity index is 2.11. The Hall–Kier alpha value is -1.32. The molecule has 0 bridgehead atoms. The molecule has 0 aliphatic carbocycles. The van der Waals surface area contributed by atoms with E-state index in [1.807, 2.05) is 30.3 Å². The molecule has 1 aromatic carbocycles. The van der Waals surface area contributed by atoms with Gasteiger partial charge in [0.25, 0.3) is 0 Å². The highest BCUT2D eigenvalue weighted by atomic mass is 16.4. The number of rotatable bonds is 3. The summed E-state index contributed by atoms with van der Waals surface area (Å²) < 4.78 is 5.61. The topological polar surface area (TPSA) is 45.4 Å². The van der Waals surface area contributed by atoms with Crippen LogP contribution in [0.4, 0.5) is 0 Å². The molecule has 17 heavy (non-hydrogen) atoms. The Kier molecular flexibility index (Phi) is 3.22. The Morgan fingerprint density at radius 3 is 2.65 bits per heavy atom. The van der Waals surface area contributed by atoms with Gasteiger partial charge in [0, 0.05) is 17.5 Å². The molecule has 2 rings (SSSR count). The zero-order valence-electron chi connectivity index (χ0n) is 10.5. The minimum absolute atomic E-state index is 0.00695. The number of benzene rings is 1. The van der Waals surface area contributed by atoms with Crippen molar-refractivity contribution in [3.63, 3.8) is 0 Å². The van der Waals surface area contributed by atoms with E-state index in [1.165, 1.54) is 0 Å². The van der Waals surface area contributed by atoms with Crippen molar-refractivity contribution in [2.75, 3.05) is 6.54 Å². The lowest BCUT2D eigenvalue weighted by molar-refractivity contribution is 0.140. The largest absolute Gasteiger partial charge is 0.458 e. The second-order valence-corrected chi connectivity index (χ2v) is 5.33. The molecule has 2 N–H and O–H groups in total. The summed E-state index contributed by atoms with van der Waals surface area (Å²) in [5.74, 6) is 0.614. The van der Waals surface area contributed by atoms with Crippen molar-refractivity contribution in [2.45, 2.75) is 32.4 Å². The first-order chi connectivity index (χ1) is 7.96. The fraction of sp³-hybridized carbons (Fsp3) is 0.429. The highest BCUT2D eigenvalue weighted by Gasteiger charge is 2.16. The summed E-state index contributed by atoms with van der Waals surface area (Å²) in [6, 6.07) is 9.66. The van der Waals surface area contributed by atoms with Gasteiger partial charge in [-0.05, 0) is 32.9 Å². The van der Waals surface area contributed by atoms with Crippen LogP contribution in [0.5, 0.6) is 0 Å². The van der Waals surface area contributed by atoms with E-state index in [0.29, 0.717) is 12.3 Å². The van der Waals surface area contributed by atoms with Gasteiger partial charge in [0.05, 0.1) is 0 Å². The quantitative estimate of drug-likeness (QED) is 0.856. The van der Waals surface area contributed by atoms with E-state index in [9.17, 15) is 5.11 Å². The first-order valence-electron chi connectivity index (χ1n) is 5.87. The molecule has 3 heteroatoms. The molecule has 0 saturated carbocycles. The van der Waals surface area contributed by atoms with Gasteiger partial charge < -0.3 is 14.8 Å². The molecule has 1 aromatic heterocycles. The molecule has 0 unspecified atom stereocenters. The molecule has 0 saturated heterocycles. The number of β-amino-alcohol motifs (C(OH)–C–C–N with tert-alkyl or cyclic N) is 1. The molecule has 2 aromatic rings. The van der Waals surface area contributed by atoms with E-state index in [0.717, 1.165) is 11.0 Å². The standard InChI is InChI=1S/C14H19NO2/c1-14(2,3)15-9-11(16)13-8-10-6-4-5-7-12(10)17-13/h4-8,11,15-16H,9H2,1-3H3/t11-/m1/s1. The van der Waals surface area contributed by atoms with Crippen molar-refractivity contribution in [1.29, 1.82) is 0 Å².